The highest BCUT2D eigenvalue weighted by atomic mass is 79.9. The summed E-state index contributed by atoms with van der Waals surface area (Å²) in [7, 11) is 0. The molecule has 1 aromatic carbocycles. The lowest BCUT2D eigenvalue weighted by Crippen LogP contribution is -2.31. The van der Waals surface area contributed by atoms with Crippen LogP contribution >= 0.6 is 15.9 Å². The van der Waals surface area contributed by atoms with Gasteiger partial charge in [-0.1, -0.05) is 22.9 Å². The lowest BCUT2D eigenvalue weighted by molar-refractivity contribution is 0.174. The van der Waals surface area contributed by atoms with Crippen LogP contribution in [0.1, 0.15) is 18.9 Å². The van der Waals surface area contributed by atoms with Crippen molar-refractivity contribution in [2.24, 2.45) is 11.1 Å². The summed E-state index contributed by atoms with van der Waals surface area (Å²) in [6.07, 6.45) is 1.17. The van der Waals surface area contributed by atoms with Crippen LogP contribution in [0, 0.1) is 5.41 Å². The summed E-state index contributed by atoms with van der Waals surface area (Å²) in [6.45, 7) is 6.43. The lowest BCUT2D eigenvalue weighted by atomic mass is 9.90. The number of nitrogens with two attached hydrogens (primary N) is 1. The zero-order valence-corrected chi connectivity index (χ0v) is 12.7. The van der Waals surface area contributed by atoms with Crippen LogP contribution < -0.4 is 15.2 Å². The normalized spacial score (nSPS) is 26.1. The second-order valence-electron chi connectivity index (χ2n) is 5.77. The van der Waals surface area contributed by atoms with Gasteiger partial charge in [0.2, 0.25) is 6.79 Å². The van der Waals surface area contributed by atoms with E-state index in [1.807, 2.05) is 6.07 Å². The van der Waals surface area contributed by atoms with Crippen LogP contribution in [0.4, 0.5) is 0 Å². The molecule has 2 aliphatic rings. The first-order valence-corrected chi connectivity index (χ1v) is 7.39. The van der Waals surface area contributed by atoms with Crippen molar-refractivity contribution in [3.8, 4) is 11.5 Å². The van der Waals surface area contributed by atoms with Gasteiger partial charge in [0.15, 0.2) is 11.5 Å². The van der Waals surface area contributed by atoms with Gasteiger partial charge in [0.1, 0.15) is 0 Å². The topological polar surface area (TPSA) is 47.7 Å². The Morgan fingerprint density at radius 1 is 1.37 bits per heavy atom. The van der Waals surface area contributed by atoms with Crippen molar-refractivity contribution in [1.82, 2.24) is 4.90 Å². The van der Waals surface area contributed by atoms with Gasteiger partial charge in [-0.05, 0) is 42.6 Å². The number of ether oxygens (including phenoxy) is 2. The number of hydrogen-bond acceptors (Lipinski definition) is 4. The fraction of sp³-hybridized carbons (Fsp3) is 0.571. The Morgan fingerprint density at radius 3 is 2.79 bits per heavy atom. The Bertz CT molecular complexity index is 495. The molecule has 104 valence electrons. The van der Waals surface area contributed by atoms with Crippen molar-refractivity contribution in [3.05, 3.63) is 22.2 Å². The molecule has 1 saturated heterocycles. The molecule has 0 radical (unpaired) electrons. The minimum atomic E-state index is 0.267. The summed E-state index contributed by atoms with van der Waals surface area (Å²) in [5, 5.41) is 0. The summed E-state index contributed by atoms with van der Waals surface area (Å²) in [5.74, 6) is 1.67. The van der Waals surface area contributed by atoms with E-state index < -0.39 is 0 Å². The largest absolute Gasteiger partial charge is 0.454 e. The second-order valence-corrected chi connectivity index (χ2v) is 6.63. The van der Waals surface area contributed by atoms with Gasteiger partial charge in [-0.3, -0.25) is 4.90 Å². The third-order valence-corrected chi connectivity index (χ3v) is 4.80. The van der Waals surface area contributed by atoms with Crippen LogP contribution in [0.2, 0.25) is 0 Å². The standard InChI is InChI=1S/C14H19BrN2O2/c1-14(7-16)2-3-17(8-14)6-10-4-12-13(5-11(10)15)19-9-18-12/h4-5H,2-3,6-9,16H2,1H3. The molecule has 2 aliphatic heterocycles. The van der Waals surface area contributed by atoms with Crippen LogP contribution in [0.15, 0.2) is 16.6 Å². The minimum Gasteiger partial charge on any atom is -0.454 e. The van der Waals surface area contributed by atoms with Crippen LogP contribution in [-0.4, -0.2) is 31.3 Å². The Balaban J connectivity index is 1.74. The predicted octanol–water partition coefficient (Wildman–Crippen LogP) is 2.35. The fourth-order valence-corrected chi connectivity index (χ4v) is 3.20. The first-order valence-electron chi connectivity index (χ1n) is 6.60. The van der Waals surface area contributed by atoms with Crippen LogP contribution in [0.5, 0.6) is 11.5 Å². The zero-order chi connectivity index (χ0) is 13.5. The van der Waals surface area contributed by atoms with E-state index in [2.05, 4.69) is 33.8 Å². The van der Waals surface area contributed by atoms with Crippen molar-refractivity contribution in [2.45, 2.75) is 19.9 Å². The molecule has 3 rings (SSSR count). The third kappa shape index (κ3) is 2.59. The van der Waals surface area contributed by atoms with Gasteiger partial charge in [0.05, 0.1) is 0 Å². The van der Waals surface area contributed by atoms with E-state index in [-0.39, 0.29) is 5.41 Å². The molecule has 1 fully saturated rings. The first kappa shape index (κ1) is 13.2. The maximum Gasteiger partial charge on any atom is 0.231 e. The minimum absolute atomic E-state index is 0.267. The monoisotopic (exact) mass is 326 g/mol. The van der Waals surface area contributed by atoms with Gasteiger partial charge in [0, 0.05) is 17.6 Å². The molecule has 4 nitrogen and oxygen atoms in total. The highest BCUT2D eigenvalue weighted by Crippen LogP contribution is 2.38. The maximum atomic E-state index is 5.85. The molecule has 0 amide bonds. The lowest BCUT2D eigenvalue weighted by Gasteiger charge is -2.23. The van der Waals surface area contributed by atoms with Gasteiger partial charge in [0.25, 0.3) is 0 Å². The number of halogens is 1. The molecule has 0 aliphatic carbocycles. The quantitative estimate of drug-likeness (QED) is 0.926. The van der Waals surface area contributed by atoms with Gasteiger partial charge < -0.3 is 15.2 Å². The molecule has 5 heteroatoms. The van der Waals surface area contributed by atoms with Crippen molar-refractivity contribution in [3.63, 3.8) is 0 Å². The van der Waals surface area contributed by atoms with Gasteiger partial charge in [-0.2, -0.15) is 0 Å². The van der Waals surface area contributed by atoms with E-state index in [1.54, 1.807) is 0 Å². The van der Waals surface area contributed by atoms with Crippen LogP contribution in [0.25, 0.3) is 0 Å². The summed E-state index contributed by atoms with van der Waals surface area (Å²) >= 11 is 3.62. The van der Waals surface area contributed by atoms with E-state index in [0.717, 1.165) is 42.2 Å². The number of nitrogens with zero attached hydrogens (tertiary/aromatic N) is 1. The fourth-order valence-electron chi connectivity index (χ4n) is 2.75. The highest BCUT2D eigenvalue weighted by Gasteiger charge is 2.32. The number of rotatable bonds is 3. The van der Waals surface area contributed by atoms with Crippen molar-refractivity contribution in [1.29, 1.82) is 0 Å². The van der Waals surface area contributed by atoms with Crippen molar-refractivity contribution in [2.75, 3.05) is 26.4 Å². The molecule has 0 saturated carbocycles. The average molecular weight is 327 g/mol. The molecule has 0 aromatic heterocycles. The Labute approximate surface area is 122 Å². The molecule has 1 aromatic rings. The first-order chi connectivity index (χ1) is 9.09. The zero-order valence-electron chi connectivity index (χ0n) is 11.1. The summed E-state index contributed by atoms with van der Waals surface area (Å²) in [6, 6.07) is 4.07. The molecule has 19 heavy (non-hydrogen) atoms. The van der Waals surface area contributed by atoms with Crippen molar-refractivity contribution >= 4 is 15.9 Å². The summed E-state index contributed by atoms with van der Waals surface area (Å²) in [4.78, 5) is 2.45. The van der Waals surface area contributed by atoms with E-state index >= 15 is 0 Å². The van der Waals surface area contributed by atoms with Gasteiger partial charge in [-0.25, -0.2) is 0 Å². The van der Waals surface area contributed by atoms with Crippen LogP contribution in [0.3, 0.4) is 0 Å². The van der Waals surface area contributed by atoms with Crippen molar-refractivity contribution < 1.29 is 9.47 Å². The Hall–Kier alpha value is -0.780. The SMILES string of the molecule is CC1(CN)CCN(Cc2cc3c(cc2Br)OCO3)C1. The number of fused-ring (bicyclic) bond motifs is 1. The average Bonchev–Trinajstić information content (AvgIpc) is 2.97. The molecule has 2 N–H and O–H groups in total. The van der Waals surface area contributed by atoms with E-state index in [1.165, 1.54) is 12.0 Å². The van der Waals surface area contributed by atoms with E-state index in [9.17, 15) is 0 Å². The highest BCUT2D eigenvalue weighted by molar-refractivity contribution is 9.10. The number of likely N-dealkylation sites (tertiary alicyclic amines) is 1. The Morgan fingerprint density at radius 2 is 2.11 bits per heavy atom. The summed E-state index contributed by atoms with van der Waals surface area (Å²) < 4.78 is 11.9. The third-order valence-electron chi connectivity index (χ3n) is 4.07. The predicted molar refractivity (Wildman–Crippen MR) is 77.3 cm³/mol. The maximum absolute atomic E-state index is 5.85. The van der Waals surface area contributed by atoms with E-state index in [0.29, 0.717) is 6.79 Å². The number of benzene rings is 1. The van der Waals surface area contributed by atoms with E-state index in [4.69, 9.17) is 15.2 Å². The van der Waals surface area contributed by atoms with Gasteiger partial charge >= 0.3 is 0 Å². The number of hydrogen-bond donors (Lipinski definition) is 1. The van der Waals surface area contributed by atoms with Gasteiger partial charge in [-0.15, -0.1) is 0 Å². The molecular formula is C14H19BrN2O2. The Kier molecular flexibility index (Phi) is 3.45. The molecule has 2 heterocycles. The molecule has 0 bridgehead atoms. The second kappa shape index (κ2) is 4.96. The van der Waals surface area contributed by atoms with Crippen LogP contribution in [-0.2, 0) is 6.54 Å². The smallest absolute Gasteiger partial charge is 0.231 e. The molecule has 1 atom stereocenters. The molecule has 0 spiro atoms. The summed E-state index contributed by atoms with van der Waals surface area (Å²) in [5.41, 5.74) is 7.36. The molecular weight excluding hydrogens is 308 g/mol. The molecule has 1 unspecified atom stereocenters.